The van der Waals surface area contributed by atoms with Crippen LogP contribution in [0.3, 0.4) is 0 Å². The lowest BCUT2D eigenvalue weighted by atomic mass is 9.97. The molecule has 2 atom stereocenters. The molecule has 1 N–H and O–H groups in total. The van der Waals surface area contributed by atoms with Gasteiger partial charge in [0.2, 0.25) is 0 Å². The van der Waals surface area contributed by atoms with Crippen LogP contribution in [0.1, 0.15) is 55.5 Å². The molecule has 0 radical (unpaired) electrons. The summed E-state index contributed by atoms with van der Waals surface area (Å²) in [6.07, 6.45) is 6.97. The monoisotopic (exact) mass is 460 g/mol. The highest BCUT2D eigenvalue weighted by Crippen LogP contribution is 2.30. The number of fused-ring (bicyclic) bond motifs is 3. The third-order valence-electron chi connectivity index (χ3n) is 6.96. The van der Waals surface area contributed by atoms with Crippen molar-refractivity contribution in [3.63, 3.8) is 0 Å². The van der Waals surface area contributed by atoms with E-state index in [4.69, 9.17) is 4.98 Å². The molecule has 1 fully saturated rings. The quantitative estimate of drug-likeness (QED) is 0.364. The van der Waals surface area contributed by atoms with Crippen LogP contribution in [-0.4, -0.2) is 45.4 Å². The molecule has 1 saturated heterocycles. The number of hydrogen-bond acceptors (Lipinski definition) is 4. The van der Waals surface area contributed by atoms with E-state index in [0.717, 1.165) is 39.4 Å². The molecule has 0 bridgehead atoms. The highest BCUT2D eigenvalue weighted by Gasteiger charge is 2.23. The Morgan fingerprint density at radius 2 is 1.88 bits per heavy atom. The molecule has 1 aliphatic rings. The zero-order valence-corrected chi connectivity index (χ0v) is 20.5. The number of amides is 1. The number of aromatic nitrogens is 2. The zero-order chi connectivity index (χ0) is 22.9. The average molecular weight is 461 g/mol. The van der Waals surface area contributed by atoms with Gasteiger partial charge in [-0.1, -0.05) is 47.6 Å². The number of carbonyl (C=O) groups excluding carboxylic acids is 1. The molecule has 0 saturated carbocycles. The van der Waals surface area contributed by atoms with Crippen molar-refractivity contribution >= 4 is 32.4 Å². The van der Waals surface area contributed by atoms with E-state index in [-0.39, 0.29) is 5.91 Å². The van der Waals surface area contributed by atoms with E-state index in [1.54, 1.807) is 11.3 Å². The minimum absolute atomic E-state index is 0.00280. The number of benzene rings is 2. The summed E-state index contributed by atoms with van der Waals surface area (Å²) in [5.74, 6) is 0.00280. The Balaban J connectivity index is 1.24. The van der Waals surface area contributed by atoms with Crippen molar-refractivity contribution in [3.05, 3.63) is 59.8 Å². The van der Waals surface area contributed by atoms with E-state index >= 15 is 0 Å². The van der Waals surface area contributed by atoms with Gasteiger partial charge in [-0.2, -0.15) is 0 Å². The zero-order valence-electron chi connectivity index (χ0n) is 19.7. The van der Waals surface area contributed by atoms with E-state index in [2.05, 4.69) is 65.9 Å². The van der Waals surface area contributed by atoms with E-state index < -0.39 is 0 Å². The molecule has 4 aromatic rings. The standard InChI is InChI=1S/C27H32N4OS/c1-18-8-10-21(11-9-18)23-17-31-24-13-12-22(16-25(24)33-27(31)29-23)26(32)28-14-5-15-30-19(2)6-4-7-20(30)3/h8-13,16-17,19-20H,4-7,14-15H2,1-3H3,(H,28,32). The Labute approximate surface area is 199 Å². The lowest BCUT2D eigenvalue weighted by Crippen LogP contribution is -2.44. The molecule has 33 heavy (non-hydrogen) atoms. The molecule has 2 aromatic carbocycles. The van der Waals surface area contributed by atoms with Gasteiger partial charge in [0, 0.05) is 42.5 Å². The van der Waals surface area contributed by atoms with Crippen molar-refractivity contribution in [1.82, 2.24) is 19.6 Å². The number of thiazole rings is 1. The molecule has 5 nitrogen and oxygen atoms in total. The van der Waals surface area contributed by atoms with Crippen LogP contribution in [0, 0.1) is 6.92 Å². The number of rotatable bonds is 6. The molecule has 5 rings (SSSR count). The first-order chi connectivity index (χ1) is 16.0. The van der Waals surface area contributed by atoms with E-state index in [1.807, 2.05) is 18.2 Å². The van der Waals surface area contributed by atoms with Crippen LogP contribution in [0.25, 0.3) is 26.4 Å². The number of likely N-dealkylation sites (tertiary alicyclic amines) is 1. The summed E-state index contributed by atoms with van der Waals surface area (Å²) >= 11 is 1.62. The molecule has 2 unspecified atom stereocenters. The Morgan fingerprint density at radius 3 is 2.64 bits per heavy atom. The van der Waals surface area contributed by atoms with Gasteiger partial charge in [0.15, 0.2) is 4.96 Å². The molecule has 0 spiro atoms. The van der Waals surface area contributed by atoms with Crippen molar-refractivity contribution in [2.45, 2.75) is 58.5 Å². The van der Waals surface area contributed by atoms with Crippen molar-refractivity contribution in [3.8, 4) is 11.3 Å². The minimum Gasteiger partial charge on any atom is -0.352 e. The summed E-state index contributed by atoms with van der Waals surface area (Å²) in [6, 6.07) is 15.7. The molecule has 0 aliphatic carbocycles. The number of piperidine rings is 1. The minimum atomic E-state index is 0.00280. The van der Waals surface area contributed by atoms with Gasteiger partial charge >= 0.3 is 0 Å². The van der Waals surface area contributed by atoms with Crippen LogP contribution >= 0.6 is 11.3 Å². The lowest BCUT2D eigenvalue weighted by Gasteiger charge is -2.39. The summed E-state index contributed by atoms with van der Waals surface area (Å²) in [4.78, 5) is 21.1. The normalized spacial score (nSPS) is 19.4. The number of nitrogens with zero attached hydrogens (tertiary/aromatic N) is 3. The van der Waals surface area contributed by atoms with Gasteiger partial charge in [0.1, 0.15) is 0 Å². The first-order valence-electron chi connectivity index (χ1n) is 12.0. The second-order valence-electron chi connectivity index (χ2n) is 9.41. The van der Waals surface area contributed by atoms with Gasteiger partial charge in [0.05, 0.1) is 15.9 Å². The fourth-order valence-corrected chi connectivity index (χ4v) is 6.03. The van der Waals surface area contributed by atoms with Gasteiger partial charge in [-0.25, -0.2) is 4.98 Å². The van der Waals surface area contributed by atoms with Gasteiger partial charge < -0.3 is 5.32 Å². The summed E-state index contributed by atoms with van der Waals surface area (Å²) in [5, 5.41) is 3.11. The summed E-state index contributed by atoms with van der Waals surface area (Å²) in [6.45, 7) is 8.50. The van der Waals surface area contributed by atoms with Crippen molar-refractivity contribution < 1.29 is 4.79 Å². The predicted octanol–water partition coefficient (Wildman–Crippen LogP) is 5.91. The van der Waals surface area contributed by atoms with Crippen molar-refractivity contribution in [2.75, 3.05) is 13.1 Å². The van der Waals surface area contributed by atoms with Crippen LogP contribution in [-0.2, 0) is 0 Å². The Bertz CT molecular complexity index is 1260. The van der Waals surface area contributed by atoms with Gasteiger partial charge in [-0.15, -0.1) is 0 Å². The first kappa shape index (κ1) is 22.1. The third-order valence-corrected chi connectivity index (χ3v) is 7.98. The summed E-state index contributed by atoms with van der Waals surface area (Å²) in [7, 11) is 0. The van der Waals surface area contributed by atoms with Crippen LogP contribution < -0.4 is 5.32 Å². The maximum Gasteiger partial charge on any atom is 0.251 e. The van der Waals surface area contributed by atoms with Gasteiger partial charge in [-0.3, -0.25) is 14.1 Å². The van der Waals surface area contributed by atoms with Crippen LogP contribution in [0.15, 0.2) is 48.7 Å². The summed E-state index contributed by atoms with van der Waals surface area (Å²) in [5.41, 5.74) is 5.14. The van der Waals surface area contributed by atoms with Gasteiger partial charge in [0.25, 0.3) is 5.91 Å². The topological polar surface area (TPSA) is 49.6 Å². The Kier molecular flexibility index (Phi) is 6.21. The number of carbonyl (C=O) groups is 1. The van der Waals surface area contributed by atoms with Crippen molar-refractivity contribution in [1.29, 1.82) is 0 Å². The van der Waals surface area contributed by atoms with Crippen LogP contribution in [0.5, 0.6) is 0 Å². The fourth-order valence-electron chi connectivity index (χ4n) is 4.99. The molecular formula is C27H32N4OS. The molecule has 6 heteroatoms. The molecular weight excluding hydrogens is 428 g/mol. The van der Waals surface area contributed by atoms with Crippen LogP contribution in [0.2, 0.25) is 0 Å². The number of aryl methyl sites for hydroxylation is 1. The molecule has 1 aliphatic heterocycles. The highest BCUT2D eigenvalue weighted by atomic mass is 32.1. The lowest BCUT2D eigenvalue weighted by molar-refractivity contribution is 0.0925. The molecule has 2 aromatic heterocycles. The van der Waals surface area contributed by atoms with E-state index in [9.17, 15) is 4.79 Å². The third kappa shape index (κ3) is 4.55. The maximum atomic E-state index is 12.7. The summed E-state index contributed by atoms with van der Waals surface area (Å²) < 4.78 is 3.20. The van der Waals surface area contributed by atoms with E-state index in [1.165, 1.54) is 24.8 Å². The predicted molar refractivity (Wildman–Crippen MR) is 137 cm³/mol. The SMILES string of the molecule is Cc1ccc(-c2cn3c(n2)sc2cc(C(=O)NCCCN4C(C)CCCC4C)ccc23)cc1. The molecule has 3 heterocycles. The smallest absolute Gasteiger partial charge is 0.251 e. The fraction of sp³-hybridized carbons (Fsp3) is 0.407. The maximum absolute atomic E-state index is 12.7. The molecule has 1 amide bonds. The number of hydrogen-bond donors (Lipinski definition) is 1. The largest absolute Gasteiger partial charge is 0.352 e. The highest BCUT2D eigenvalue weighted by molar-refractivity contribution is 7.23. The van der Waals surface area contributed by atoms with Crippen molar-refractivity contribution in [2.24, 2.45) is 0 Å². The van der Waals surface area contributed by atoms with E-state index in [0.29, 0.717) is 24.2 Å². The second kappa shape index (κ2) is 9.27. The average Bonchev–Trinajstić information content (AvgIpc) is 3.36. The Morgan fingerprint density at radius 1 is 1.12 bits per heavy atom. The molecule has 172 valence electrons. The van der Waals surface area contributed by atoms with Gasteiger partial charge in [-0.05, 0) is 58.2 Å². The number of nitrogens with one attached hydrogen (secondary N) is 1. The number of imidazole rings is 1. The van der Waals surface area contributed by atoms with Crippen LogP contribution in [0.4, 0.5) is 0 Å². The second-order valence-corrected chi connectivity index (χ2v) is 10.4. The Hall–Kier alpha value is -2.70. The first-order valence-corrected chi connectivity index (χ1v) is 12.8.